The Morgan fingerprint density at radius 3 is 1.62 bits per heavy atom. The fourth-order valence-electron chi connectivity index (χ4n) is 3.13. The summed E-state index contributed by atoms with van der Waals surface area (Å²) < 4.78 is 33.1. The summed E-state index contributed by atoms with van der Waals surface area (Å²) in [5.74, 6) is -0.944. The van der Waals surface area contributed by atoms with Crippen LogP contribution in [-0.2, 0) is 14.9 Å². The summed E-state index contributed by atoms with van der Waals surface area (Å²) in [6, 6.07) is 0. The first kappa shape index (κ1) is 28.7. The average molecular weight is 400 g/mol. The van der Waals surface area contributed by atoms with Crippen LogP contribution in [0.25, 0.3) is 0 Å². The second-order valence-electron chi connectivity index (χ2n) is 7.20. The number of unbranched alkanes of at least 4 members (excludes halogenated alkanes) is 11. The van der Waals surface area contributed by atoms with Gasteiger partial charge in [-0.05, 0) is 6.42 Å². The van der Waals surface area contributed by atoms with Gasteiger partial charge < -0.3 is 10.3 Å². The molecule has 0 amide bonds. The fourth-order valence-corrected chi connectivity index (χ4v) is 3.88. The zero-order valence-corrected chi connectivity index (χ0v) is 20.0. The molecule has 0 aromatic heterocycles. The molecule has 7 heteroatoms. The first-order valence-electron chi connectivity index (χ1n) is 10.0. The van der Waals surface area contributed by atoms with E-state index in [0.717, 1.165) is 19.3 Å². The van der Waals surface area contributed by atoms with Gasteiger partial charge in [-0.3, -0.25) is 4.79 Å². The van der Waals surface area contributed by atoms with E-state index in [4.69, 9.17) is 5.73 Å². The smallest absolute Gasteiger partial charge is 0.747 e. The summed E-state index contributed by atoms with van der Waals surface area (Å²) in [5.41, 5.74) is 5.27. The molecule has 0 aliphatic heterocycles. The van der Waals surface area contributed by atoms with Crippen molar-refractivity contribution in [1.29, 1.82) is 0 Å². The van der Waals surface area contributed by atoms with Gasteiger partial charge in [-0.2, -0.15) is 0 Å². The molecule has 2 unspecified atom stereocenters. The van der Waals surface area contributed by atoms with Crippen LogP contribution < -0.4 is 35.3 Å². The minimum Gasteiger partial charge on any atom is -0.747 e. The van der Waals surface area contributed by atoms with Gasteiger partial charge in [-0.1, -0.05) is 90.9 Å². The van der Waals surface area contributed by atoms with Crippen LogP contribution in [-0.4, -0.2) is 30.5 Å². The van der Waals surface area contributed by atoms with Crippen molar-refractivity contribution in [2.45, 2.75) is 103 Å². The molecule has 0 fully saturated rings. The third-order valence-electron chi connectivity index (χ3n) is 4.86. The molecule has 0 heterocycles. The quantitative estimate of drug-likeness (QED) is 0.225. The van der Waals surface area contributed by atoms with Crippen LogP contribution in [0, 0.1) is 5.92 Å². The standard InChI is InChI=1S/C19H39NO4S.Na/c1-3-4-5-6-7-8-9-10-11-12-13-14-15-17(2)19(21)18(16-20)25(22,23)24;/h17-18H,3-16,20H2,1-2H3,(H,22,23,24);/q;+1/p-1. The van der Waals surface area contributed by atoms with Gasteiger partial charge in [0.2, 0.25) is 0 Å². The average Bonchev–Trinajstić information content (AvgIpc) is 2.54. The molecule has 2 N–H and O–H groups in total. The second-order valence-corrected chi connectivity index (χ2v) is 8.75. The minimum atomic E-state index is -4.64. The monoisotopic (exact) mass is 399 g/mol. The molecule has 2 atom stereocenters. The molecule has 5 nitrogen and oxygen atoms in total. The Balaban J connectivity index is 0. The van der Waals surface area contributed by atoms with Gasteiger partial charge in [-0.15, -0.1) is 0 Å². The minimum absolute atomic E-state index is 0. The summed E-state index contributed by atoms with van der Waals surface area (Å²) >= 11 is 0. The van der Waals surface area contributed by atoms with Crippen molar-refractivity contribution in [2.24, 2.45) is 11.7 Å². The van der Waals surface area contributed by atoms with Gasteiger partial charge in [0, 0.05) is 12.5 Å². The van der Waals surface area contributed by atoms with E-state index in [1.165, 1.54) is 57.8 Å². The van der Waals surface area contributed by atoms with Gasteiger partial charge in [0.1, 0.15) is 15.4 Å². The summed E-state index contributed by atoms with van der Waals surface area (Å²) in [7, 11) is -4.64. The number of Topliss-reactive ketones (excluding diaryl/α,β-unsaturated/α-hetero) is 1. The fraction of sp³-hybridized carbons (Fsp3) is 0.947. The Morgan fingerprint density at radius 2 is 1.27 bits per heavy atom. The molecular weight excluding hydrogens is 361 g/mol. The van der Waals surface area contributed by atoms with Crippen molar-refractivity contribution in [3.05, 3.63) is 0 Å². The Hall–Kier alpha value is 0.540. The van der Waals surface area contributed by atoms with E-state index in [-0.39, 0.29) is 29.6 Å². The van der Waals surface area contributed by atoms with Crippen molar-refractivity contribution in [3.63, 3.8) is 0 Å². The van der Waals surface area contributed by atoms with E-state index in [0.29, 0.717) is 6.42 Å². The first-order chi connectivity index (χ1) is 11.8. The molecule has 26 heavy (non-hydrogen) atoms. The third-order valence-corrected chi connectivity index (χ3v) is 5.98. The number of hydrogen-bond donors (Lipinski definition) is 1. The van der Waals surface area contributed by atoms with Gasteiger partial charge in [0.25, 0.3) is 0 Å². The van der Waals surface area contributed by atoms with E-state index in [1.54, 1.807) is 6.92 Å². The Bertz CT molecular complexity index is 443. The molecule has 0 saturated heterocycles. The van der Waals surface area contributed by atoms with Crippen LogP contribution in [0.3, 0.4) is 0 Å². The van der Waals surface area contributed by atoms with E-state index in [2.05, 4.69) is 6.92 Å². The molecule has 150 valence electrons. The number of carbonyl (C=O) groups excluding carboxylic acids is 1. The SMILES string of the molecule is CCCCCCCCCCCCCCC(C)C(=O)C(CN)S(=O)(=O)[O-].[Na+]. The summed E-state index contributed by atoms with van der Waals surface area (Å²) in [4.78, 5) is 12.0. The first-order valence-corrected chi connectivity index (χ1v) is 11.5. The normalized spacial score (nSPS) is 13.8. The molecule has 0 saturated carbocycles. The maximum absolute atomic E-state index is 12.0. The largest absolute Gasteiger partial charge is 1.00 e. The number of carbonyl (C=O) groups is 1. The van der Waals surface area contributed by atoms with Gasteiger partial charge in [-0.25, -0.2) is 8.42 Å². The zero-order chi connectivity index (χ0) is 19.1. The summed E-state index contributed by atoms with van der Waals surface area (Å²) in [6.07, 6.45) is 15.6. The molecule has 0 bridgehead atoms. The van der Waals surface area contributed by atoms with E-state index >= 15 is 0 Å². The maximum Gasteiger partial charge on any atom is 1.00 e. The van der Waals surface area contributed by atoms with Crippen LogP contribution in [0.2, 0.25) is 0 Å². The van der Waals surface area contributed by atoms with Gasteiger partial charge in [0.05, 0.1) is 0 Å². The van der Waals surface area contributed by atoms with E-state index in [9.17, 15) is 17.8 Å². The molecule has 0 spiro atoms. The van der Waals surface area contributed by atoms with Crippen LogP contribution in [0.5, 0.6) is 0 Å². The van der Waals surface area contributed by atoms with Crippen molar-refractivity contribution >= 4 is 15.9 Å². The van der Waals surface area contributed by atoms with Crippen LogP contribution in [0.15, 0.2) is 0 Å². The molecule has 0 aromatic carbocycles. The van der Waals surface area contributed by atoms with Crippen molar-refractivity contribution in [1.82, 2.24) is 0 Å². The Morgan fingerprint density at radius 1 is 0.885 bits per heavy atom. The Labute approximate surface area is 183 Å². The van der Waals surface area contributed by atoms with E-state index in [1.807, 2.05) is 0 Å². The second kappa shape index (κ2) is 17.6. The number of hydrogen-bond acceptors (Lipinski definition) is 5. The van der Waals surface area contributed by atoms with Crippen LogP contribution in [0.4, 0.5) is 0 Å². The van der Waals surface area contributed by atoms with Crippen LogP contribution in [0.1, 0.15) is 97.3 Å². The molecule has 0 aliphatic carbocycles. The molecule has 0 rings (SSSR count). The number of nitrogens with two attached hydrogens (primary N) is 1. The van der Waals surface area contributed by atoms with Crippen molar-refractivity contribution in [3.8, 4) is 0 Å². The third kappa shape index (κ3) is 14.6. The van der Waals surface area contributed by atoms with Crippen molar-refractivity contribution in [2.75, 3.05) is 6.54 Å². The predicted molar refractivity (Wildman–Crippen MR) is 102 cm³/mol. The summed E-state index contributed by atoms with van der Waals surface area (Å²) in [5, 5.41) is -1.58. The predicted octanol–water partition coefficient (Wildman–Crippen LogP) is 1.16. The van der Waals surface area contributed by atoms with Crippen LogP contribution >= 0.6 is 0 Å². The molecular formula is C19H38NNaO4S. The molecule has 0 aliphatic rings. The molecule has 0 radical (unpaired) electrons. The maximum atomic E-state index is 12.0. The van der Waals surface area contributed by atoms with Gasteiger partial charge in [0.15, 0.2) is 5.78 Å². The number of ketones is 1. The Kier molecular flexibility index (Phi) is 19.5. The topological polar surface area (TPSA) is 100 Å². The zero-order valence-electron chi connectivity index (χ0n) is 17.2. The number of rotatable bonds is 17. The van der Waals surface area contributed by atoms with Crippen molar-refractivity contribution < 1.29 is 47.3 Å². The summed E-state index contributed by atoms with van der Waals surface area (Å²) in [6.45, 7) is 3.50. The molecule has 0 aromatic rings. The van der Waals surface area contributed by atoms with E-state index < -0.39 is 33.6 Å². The van der Waals surface area contributed by atoms with Gasteiger partial charge >= 0.3 is 29.6 Å².